The number of hydrogen-bond donors (Lipinski definition) is 1. The molecule has 1 aliphatic rings. The maximum absolute atomic E-state index is 5.43. The molecule has 0 saturated heterocycles. The monoisotopic (exact) mass is 221 g/mol. The zero-order valence-corrected chi connectivity index (χ0v) is 10.0. The Morgan fingerprint density at radius 3 is 3.06 bits per heavy atom. The summed E-state index contributed by atoms with van der Waals surface area (Å²) in [5.41, 5.74) is 3.48. The topological polar surface area (TPSA) is 47.0 Å². The summed E-state index contributed by atoms with van der Waals surface area (Å²) in [6.07, 6.45) is 2.97. The van der Waals surface area contributed by atoms with Crippen molar-refractivity contribution in [2.75, 3.05) is 20.2 Å². The summed E-state index contributed by atoms with van der Waals surface area (Å²) in [6, 6.07) is 0. The van der Waals surface area contributed by atoms with Gasteiger partial charge in [-0.2, -0.15) is 0 Å². The van der Waals surface area contributed by atoms with Crippen molar-refractivity contribution < 1.29 is 4.74 Å². The highest BCUT2D eigenvalue weighted by molar-refractivity contribution is 5.26. The van der Waals surface area contributed by atoms with Gasteiger partial charge >= 0.3 is 0 Å². The highest BCUT2D eigenvalue weighted by atomic mass is 16.5. The van der Waals surface area contributed by atoms with E-state index < -0.39 is 0 Å². The second-order valence-corrected chi connectivity index (χ2v) is 4.16. The Morgan fingerprint density at radius 2 is 2.25 bits per heavy atom. The van der Waals surface area contributed by atoms with E-state index >= 15 is 0 Å². The maximum atomic E-state index is 5.43. The van der Waals surface area contributed by atoms with Gasteiger partial charge in [0.05, 0.1) is 18.9 Å². The molecule has 0 fully saturated rings. The number of nitrogens with one attached hydrogen (secondary N) is 1. The third-order valence-corrected chi connectivity index (χ3v) is 2.90. The summed E-state index contributed by atoms with van der Waals surface area (Å²) >= 11 is 0. The fourth-order valence-electron chi connectivity index (χ4n) is 1.99. The summed E-state index contributed by atoms with van der Waals surface area (Å²) < 4.78 is 5.43. The number of aromatic nitrogens is 2. The van der Waals surface area contributed by atoms with Crippen molar-refractivity contribution in [2.24, 2.45) is 0 Å². The fourth-order valence-corrected chi connectivity index (χ4v) is 1.99. The van der Waals surface area contributed by atoms with Gasteiger partial charge in [-0.3, -0.25) is 0 Å². The van der Waals surface area contributed by atoms with Gasteiger partial charge in [-0.05, 0) is 26.9 Å². The van der Waals surface area contributed by atoms with E-state index in [4.69, 9.17) is 4.74 Å². The van der Waals surface area contributed by atoms with Gasteiger partial charge in [0.2, 0.25) is 0 Å². The van der Waals surface area contributed by atoms with Crippen LogP contribution in [0.3, 0.4) is 0 Å². The first kappa shape index (κ1) is 11.5. The van der Waals surface area contributed by atoms with E-state index in [9.17, 15) is 0 Å². The molecule has 0 atom stereocenters. The van der Waals surface area contributed by atoms with E-state index in [1.165, 1.54) is 11.3 Å². The summed E-state index contributed by atoms with van der Waals surface area (Å²) in [5, 5.41) is 3.14. The Labute approximate surface area is 96.4 Å². The maximum Gasteiger partial charge on any atom is 0.128 e. The van der Waals surface area contributed by atoms with Gasteiger partial charge in [0.15, 0.2) is 0 Å². The highest BCUT2D eigenvalue weighted by Crippen LogP contribution is 2.17. The van der Waals surface area contributed by atoms with Crippen molar-refractivity contribution in [1.82, 2.24) is 15.3 Å². The van der Waals surface area contributed by atoms with Crippen molar-refractivity contribution in [3.05, 3.63) is 22.8 Å². The lowest BCUT2D eigenvalue weighted by Gasteiger charge is -2.18. The second-order valence-electron chi connectivity index (χ2n) is 4.16. The van der Waals surface area contributed by atoms with Crippen LogP contribution >= 0.6 is 0 Å². The summed E-state index contributed by atoms with van der Waals surface area (Å²) in [5.74, 6) is 0.980. The molecule has 4 heteroatoms. The quantitative estimate of drug-likeness (QED) is 0.771. The molecule has 2 rings (SSSR count). The molecule has 0 amide bonds. The van der Waals surface area contributed by atoms with E-state index in [1.807, 2.05) is 7.05 Å². The minimum absolute atomic E-state index is 0.679. The first-order chi connectivity index (χ1) is 7.81. The van der Waals surface area contributed by atoms with E-state index in [0.717, 1.165) is 43.9 Å². The Hall–Kier alpha value is -1.00. The molecule has 0 aliphatic carbocycles. The lowest BCUT2D eigenvalue weighted by molar-refractivity contribution is 0.108. The second kappa shape index (κ2) is 5.37. The number of rotatable bonds is 4. The average molecular weight is 221 g/mol. The predicted molar refractivity (Wildman–Crippen MR) is 62.4 cm³/mol. The van der Waals surface area contributed by atoms with Crippen LogP contribution in [0.15, 0.2) is 0 Å². The van der Waals surface area contributed by atoms with Crippen LogP contribution < -0.4 is 5.32 Å². The lowest BCUT2D eigenvalue weighted by atomic mass is 10.1. The highest BCUT2D eigenvalue weighted by Gasteiger charge is 2.15. The number of aryl methyl sites for hydroxylation is 2. The average Bonchev–Trinajstić information content (AvgIpc) is 2.30. The van der Waals surface area contributed by atoms with E-state index in [-0.39, 0.29) is 0 Å². The minimum Gasteiger partial charge on any atom is -0.376 e. The molecule has 1 aliphatic heterocycles. The Kier molecular flexibility index (Phi) is 3.85. The Morgan fingerprint density at radius 1 is 1.38 bits per heavy atom. The third-order valence-electron chi connectivity index (χ3n) is 2.90. The van der Waals surface area contributed by atoms with Gasteiger partial charge in [-0.1, -0.05) is 0 Å². The summed E-state index contributed by atoms with van der Waals surface area (Å²) in [7, 11) is 1.97. The normalized spacial score (nSPS) is 14.9. The number of fused-ring (bicyclic) bond motifs is 1. The van der Waals surface area contributed by atoms with Crippen LogP contribution in [-0.4, -0.2) is 30.2 Å². The molecule has 1 N–H and O–H groups in total. The molecule has 2 heterocycles. The van der Waals surface area contributed by atoms with Gasteiger partial charge in [-0.15, -0.1) is 0 Å². The minimum atomic E-state index is 0.679. The number of nitrogens with zero attached hydrogens (tertiary/aromatic N) is 2. The number of hydrogen-bond acceptors (Lipinski definition) is 4. The molecule has 1 aromatic heterocycles. The largest absolute Gasteiger partial charge is 0.376 e. The molecule has 0 radical (unpaired) electrons. The SMILES string of the molecule is CNCCCc1nc(C)c2c(n1)CCOC2. The molecular weight excluding hydrogens is 202 g/mol. The molecule has 88 valence electrons. The molecule has 0 bridgehead atoms. The van der Waals surface area contributed by atoms with Gasteiger partial charge < -0.3 is 10.1 Å². The summed E-state index contributed by atoms with van der Waals surface area (Å²) in [6.45, 7) is 4.54. The van der Waals surface area contributed by atoms with Crippen molar-refractivity contribution in [3.63, 3.8) is 0 Å². The molecule has 0 saturated carbocycles. The molecule has 1 aromatic rings. The standard InChI is InChI=1S/C12H19N3O/c1-9-10-8-16-7-5-11(10)15-12(14-9)4-3-6-13-2/h13H,3-8H2,1-2H3. The molecule has 16 heavy (non-hydrogen) atoms. The first-order valence-electron chi connectivity index (χ1n) is 5.89. The predicted octanol–water partition coefficient (Wildman–Crippen LogP) is 1.01. The molecule has 0 spiro atoms. The van der Waals surface area contributed by atoms with Crippen LogP contribution in [0.1, 0.15) is 29.2 Å². The van der Waals surface area contributed by atoms with Gasteiger partial charge in [0.1, 0.15) is 5.82 Å². The van der Waals surface area contributed by atoms with Crippen molar-refractivity contribution in [2.45, 2.75) is 32.8 Å². The van der Waals surface area contributed by atoms with Crippen LogP contribution in [0.4, 0.5) is 0 Å². The van der Waals surface area contributed by atoms with Crippen LogP contribution in [0.25, 0.3) is 0 Å². The smallest absolute Gasteiger partial charge is 0.128 e. The van der Waals surface area contributed by atoms with Crippen molar-refractivity contribution >= 4 is 0 Å². The molecule has 0 aromatic carbocycles. The first-order valence-corrected chi connectivity index (χ1v) is 5.89. The zero-order chi connectivity index (χ0) is 11.4. The van der Waals surface area contributed by atoms with E-state index in [1.54, 1.807) is 0 Å². The van der Waals surface area contributed by atoms with Crippen LogP contribution in [0, 0.1) is 6.92 Å². The fraction of sp³-hybridized carbons (Fsp3) is 0.667. The molecule has 0 unspecified atom stereocenters. The molecule has 4 nitrogen and oxygen atoms in total. The zero-order valence-electron chi connectivity index (χ0n) is 10.0. The third kappa shape index (κ3) is 2.57. The lowest BCUT2D eigenvalue weighted by Crippen LogP contribution is -2.17. The van der Waals surface area contributed by atoms with Crippen molar-refractivity contribution in [3.8, 4) is 0 Å². The van der Waals surface area contributed by atoms with E-state index in [0.29, 0.717) is 6.61 Å². The van der Waals surface area contributed by atoms with Crippen LogP contribution in [-0.2, 0) is 24.2 Å². The Balaban J connectivity index is 2.12. The van der Waals surface area contributed by atoms with Crippen LogP contribution in [0.2, 0.25) is 0 Å². The van der Waals surface area contributed by atoms with Gasteiger partial charge in [0.25, 0.3) is 0 Å². The Bertz CT molecular complexity index is 366. The number of ether oxygens (including phenoxy) is 1. The van der Waals surface area contributed by atoms with Gasteiger partial charge in [-0.25, -0.2) is 9.97 Å². The summed E-state index contributed by atoms with van der Waals surface area (Å²) in [4.78, 5) is 9.17. The van der Waals surface area contributed by atoms with E-state index in [2.05, 4.69) is 22.2 Å². The molecular formula is C12H19N3O. The van der Waals surface area contributed by atoms with Crippen molar-refractivity contribution in [1.29, 1.82) is 0 Å². The van der Waals surface area contributed by atoms with Gasteiger partial charge in [0, 0.05) is 24.1 Å². The van der Waals surface area contributed by atoms with Crippen LogP contribution in [0.5, 0.6) is 0 Å².